The van der Waals surface area contributed by atoms with Crippen LogP contribution in [-0.2, 0) is 24.2 Å². The maximum Gasteiger partial charge on any atom is 0.227 e. The number of carbonyl (C=O) groups is 1. The molecule has 0 bridgehead atoms. The predicted octanol–water partition coefficient (Wildman–Crippen LogP) is 4.71. The Hall–Kier alpha value is -3.07. The van der Waals surface area contributed by atoms with E-state index in [1.165, 1.54) is 16.5 Å². The molecule has 5 rings (SSSR count). The van der Waals surface area contributed by atoms with E-state index in [1.807, 2.05) is 29.2 Å². The zero-order valence-corrected chi connectivity index (χ0v) is 14.4. The predicted molar refractivity (Wildman–Crippen MR) is 103 cm³/mol. The molecular weight excluding hydrogens is 322 g/mol. The Morgan fingerprint density at radius 1 is 0.962 bits per heavy atom. The lowest BCUT2D eigenvalue weighted by Gasteiger charge is -2.28. The van der Waals surface area contributed by atoms with Gasteiger partial charge in [0.2, 0.25) is 5.91 Å². The summed E-state index contributed by atoms with van der Waals surface area (Å²) in [6, 6.07) is 20.7. The van der Waals surface area contributed by atoms with Gasteiger partial charge in [-0.15, -0.1) is 0 Å². The molecule has 3 nitrogen and oxygen atoms in total. The number of furan rings is 1. The van der Waals surface area contributed by atoms with E-state index in [1.54, 1.807) is 6.26 Å². The minimum atomic E-state index is 0.162. The van der Waals surface area contributed by atoms with E-state index in [-0.39, 0.29) is 5.91 Å². The average molecular weight is 341 g/mol. The van der Waals surface area contributed by atoms with Crippen molar-refractivity contribution in [2.45, 2.75) is 19.4 Å². The summed E-state index contributed by atoms with van der Waals surface area (Å²) in [5, 5.41) is 3.38. The molecule has 128 valence electrons. The van der Waals surface area contributed by atoms with Crippen LogP contribution in [0.4, 0.5) is 0 Å². The molecule has 0 N–H and O–H groups in total. The van der Waals surface area contributed by atoms with Gasteiger partial charge >= 0.3 is 0 Å². The van der Waals surface area contributed by atoms with Crippen LogP contribution in [0.25, 0.3) is 21.7 Å². The number of benzene rings is 3. The van der Waals surface area contributed by atoms with Crippen molar-refractivity contribution in [3.8, 4) is 0 Å². The first kappa shape index (κ1) is 15.2. The van der Waals surface area contributed by atoms with Gasteiger partial charge in [0.25, 0.3) is 0 Å². The highest BCUT2D eigenvalue weighted by atomic mass is 16.3. The molecule has 1 aromatic heterocycles. The van der Waals surface area contributed by atoms with Gasteiger partial charge in [-0.25, -0.2) is 0 Å². The Morgan fingerprint density at radius 3 is 2.69 bits per heavy atom. The molecule has 2 heterocycles. The quantitative estimate of drug-likeness (QED) is 0.529. The van der Waals surface area contributed by atoms with Gasteiger partial charge in [0.15, 0.2) is 0 Å². The second kappa shape index (κ2) is 6.03. The van der Waals surface area contributed by atoms with E-state index in [9.17, 15) is 4.79 Å². The lowest BCUT2D eigenvalue weighted by molar-refractivity contribution is -0.131. The summed E-state index contributed by atoms with van der Waals surface area (Å²) in [4.78, 5) is 14.9. The first-order valence-corrected chi connectivity index (χ1v) is 9.02. The van der Waals surface area contributed by atoms with Gasteiger partial charge in [-0.2, -0.15) is 0 Å². The lowest BCUT2D eigenvalue weighted by atomic mass is 9.98. The molecule has 0 aliphatic carbocycles. The summed E-state index contributed by atoms with van der Waals surface area (Å²) in [5.41, 5.74) is 4.43. The van der Waals surface area contributed by atoms with Crippen molar-refractivity contribution < 1.29 is 9.21 Å². The molecule has 0 atom stereocenters. The van der Waals surface area contributed by atoms with Crippen molar-refractivity contribution in [1.29, 1.82) is 0 Å². The van der Waals surface area contributed by atoms with E-state index >= 15 is 0 Å². The third-order valence-corrected chi connectivity index (χ3v) is 5.37. The van der Waals surface area contributed by atoms with Crippen LogP contribution >= 0.6 is 0 Å². The summed E-state index contributed by atoms with van der Waals surface area (Å²) in [6.07, 6.45) is 3.05. The molecule has 4 aromatic rings. The van der Waals surface area contributed by atoms with Crippen molar-refractivity contribution in [1.82, 2.24) is 4.90 Å². The number of nitrogens with zero attached hydrogens (tertiary/aromatic N) is 1. The minimum Gasteiger partial charge on any atom is -0.464 e. The fourth-order valence-corrected chi connectivity index (χ4v) is 3.99. The Kier molecular flexibility index (Phi) is 3.52. The van der Waals surface area contributed by atoms with E-state index < -0.39 is 0 Å². The third kappa shape index (κ3) is 2.48. The second-order valence-electron chi connectivity index (χ2n) is 6.93. The molecule has 0 unspecified atom stereocenters. The van der Waals surface area contributed by atoms with Gasteiger partial charge in [-0.3, -0.25) is 4.79 Å². The molecular formula is C23H19NO2. The van der Waals surface area contributed by atoms with Crippen LogP contribution in [0.2, 0.25) is 0 Å². The average Bonchev–Trinajstić information content (AvgIpc) is 3.11. The number of carbonyl (C=O) groups excluding carboxylic acids is 1. The summed E-state index contributed by atoms with van der Waals surface area (Å²) < 4.78 is 5.73. The van der Waals surface area contributed by atoms with Gasteiger partial charge in [-0.05, 0) is 34.4 Å². The normalized spacial score (nSPS) is 13.9. The van der Waals surface area contributed by atoms with Gasteiger partial charge in [-0.1, -0.05) is 54.6 Å². The molecule has 1 amide bonds. The van der Waals surface area contributed by atoms with Crippen LogP contribution in [0.3, 0.4) is 0 Å². The minimum absolute atomic E-state index is 0.162. The summed E-state index contributed by atoms with van der Waals surface area (Å²) in [7, 11) is 0. The number of amides is 1. The standard InChI is InChI=1S/C23H19NO2/c25-22(24-12-11-16-5-1-2-7-18(16)14-24)13-19-15-26-21-10-9-17-6-3-4-8-20(17)23(19)21/h1-10,15H,11-14H2. The monoisotopic (exact) mass is 341 g/mol. The van der Waals surface area contributed by atoms with Crippen molar-refractivity contribution in [3.05, 3.63) is 83.6 Å². The van der Waals surface area contributed by atoms with E-state index in [2.05, 4.69) is 36.4 Å². The molecule has 0 spiro atoms. The van der Waals surface area contributed by atoms with Crippen LogP contribution < -0.4 is 0 Å². The summed E-state index contributed by atoms with van der Waals surface area (Å²) in [6.45, 7) is 1.48. The molecule has 0 fully saturated rings. The first-order chi connectivity index (χ1) is 12.8. The van der Waals surface area contributed by atoms with Crippen LogP contribution in [-0.4, -0.2) is 17.4 Å². The molecule has 3 aromatic carbocycles. The molecule has 3 heteroatoms. The molecule has 26 heavy (non-hydrogen) atoms. The molecule has 0 radical (unpaired) electrons. The van der Waals surface area contributed by atoms with Crippen LogP contribution in [0.1, 0.15) is 16.7 Å². The first-order valence-electron chi connectivity index (χ1n) is 9.02. The Labute approximate surface area is 151 Å². The highest BCUT2D eigenvalue weighted by Gasteiger charge is 2.22. The second-order valence-corrected chi connectivity index (χ2v) is 6.93. The Bertz CT molecular complexity index is 1130. The molecule has 0 saturated heterocycles. The lowest BCUT2D eigenvalue weighted by Crippen LogP contribution is -2.36. The van der Waals surface area contributed by atoms with Crippen molar-refractivity contribution >= 4 is 27.6 Å². The highest BCUT2D eigenvalue weighted by Crippen LogP contribution is 2.30. The largest absolute Gasteiger partial charge is 0.464 e. The summed E-state index contributed by atoms with van der Waals surface area (Å²) in [5.74, 6) is 0.162. The fourth-order valence-electron chi connectivity index (χ4n) is 3.99. The number of hydrogen-bond acceptors (Lipinski definition) is 2. The van der Waals surface area contributed by atoms with E-state index in [0.29, 0.717) is 13.0 Å². The van der Waals surface area contributed by atoms with E-state index in [4.69, 9.17) is 4.42 Å². The van der Waals surface area contributed by atoms with Gasteiger partial charge < -0.3 is 9.32 Å². The number of hydrogen-bond donors (Lipinski definition) is 0. The number of rotatable bonds is 2. The maximum atomic E-state index is 12.9. The van der Waals surface area contributed by atoms with Crippen molar-refractivity contribution in [3.63, 3.8) is 0 Å². The topological polar surface area (TPSA) is 33.5 Å². The maximum absolute atomic E-state index is 12.9. The van der Waals surface area contributed by atoms with Gasteiger partial charge in [0, 0.05) is 24.0 Å². The fraction of sp³-hybridized carbons (Fsp3) is 0.174. The van der Waals surface area contributed by atoms with Gasteiger partial charge in [0.1, 0.15) is 5.58 Å². The molecule has 1 aliphatic rings. The molecule has 0 saturated carbocycles. The SMILES string of the molecule is O=C(Cc1coc2ccc3ccccc3c12)N1CCc2ccccc2C1. The number of fused-ring (bicyclic) bond motifs is 4. The van der Waals surface area contributed by atoms with Crippen molar-refractivity contribution in [2.24, 2.45) is 0 Å². The van der Waals surface area contributed by atoms with Gasteiger partial charge in [0.05, 0.1) is 12.7 Å². The smallest absolute Gasteiger partial charge is 0.227 e. The van der Waals surface area contributed by atoms with Crippen LogP contribution in [0.15, 0.2) is 71.3 Å². The zero-order valence-electron chi connectivity index (χ0n) is 14.4. The van der Waals surface area contributed by atoms with Crippen LogP contribution in [0.5, 0.6) is 0 Å². The summed E-state index contributed by atoms with van der Waals surface area (Å²) >= 11 is 0. The molecule has 1 aliphatic heterocycles. The van der Waals surface area contributed by atoms with Crippen molar-refractivity contribution in [2.75, 3.05) is 6.54 Å². The highest BCUT2D eigenvalue weighted by molar-refractivity contribution is 6.08. The third-order valence-electron chi connectivity index (χ3n) is 5.37. The van der Waals surface area contributed by atoms with E-state index in [0.717, 1.165) is 34.9 Å². The van der Waals surface area contributed by atoms with Crippen LogP contribution in [0, 0.1) is 0 Å². The zero-order chi connectivity index (χ0) is 17.5. The Morgan fingerprint density at radius 2 is 1.77 bits per heavy atom. The Balaban J connectivity index is 1.47.